The van der Waals surface area contributed by atoms with Crippen LogP contribution in [0.25, 0.3) is 0 Å². The Bertz CT molecular complexity index is 797. The zero-order valence-electron chi connectivity index (χ0n) is 18.7. The van der Waals surface area contributed by atoms with Crippen LogP contribution >= 0.6 is 11.8 Å². The summed E-state index contributed by atoms with van der Waals surface area (Å²) < 4.78 is 28.2. The first-order valence-corrected chi connectivity index (χ1v) is 11.7. The molecule has 1 aliphatic heterocycles. The summed E-state index contributed by atoms with van der Waals surface area (Å²) in [6.07, 6.45) is -3.50. The molecule has 1 fully saturated rings. The maximum Gasteiger partial charge on any atom is 0.132 e. The molecule has 0 aliphatic carbocycles. The zero-order chi connectivity index (χ0) is 22.9. The maximum atomic E-state index is 10.8. The van der Waals surface area contributed by atoms with E-state index in [0.717, 1.165) is 28.4 Å². The Kier molecular flexibility index (Phi) is 9.65. The number of benzene rings is 2. The van der Waals surface area contributed by atoms with Crippen LogP contribution in [0.2, 0.25) is 0 Å². The molecule has 8 heteroatoms. The van der Waals surface area contributed by atoms with E-state index in [4.69, 9.17) is 23.7 Å². The van der Waals surface area contributed by atoms with Crippen molar-refractivity contribution in [3.8, 4) is 11.5 Å². The van der Waals surface area contributed by atoms with Crippen molar-refractivity contribution in [3.63, 3.8) is 0 Å². The Morgan fingerprint density at radius 1 is 0.844 bits per heavy atom. The number of ether oxygens (including phenoxy) is 5. The van der Waals surface area contributed by atoms with Gasteiger partial charge in [-0.3, -0.25) is 0 Å². The van der Waals surface area contributed by atoms with Gasteiger partial charge in [0.1, 0.15) is 41.4 Å². The number of thioether (sulfide) groups is 1. The first-order valence-electron chi connectivity index (χ1n) is 10.6. The first kappa shape index (κ1) is 24.8. The Morgan fingerprint density at radius 2 is 1.41 bits per heavy atom. The van der Waals surface area contributed by atoms with Crippen LogP contribution in [0.1, 0.15) is 18.1 Å². The number of rotatable bonds is 11. The van der Waals surface area contributed by atoms with Crippen LogP contribution in [0.5, 0.6) is 11.5 Å². The quantitative estimate of drug-likeness (QED) is 0.525. The van der Waals surface area contributed by atoms with E-state index in [0.29, 0.717) is 13.2 Å². The second kappa shape index (κ2) is 12.4. The van der Waals surface area contributed by atoms with Crippen molar-refractivity contribution in [2.75, 3.05) is 26.6 Å². The van der Waals surface area contributed by atoms with E-state index in [1.807, 2.05) is 55.5 Å². The molecule has 0 unspecified atom stereocenters. The van der Waals surface area contributed by atoms with Gasteiger partial charge in [0.05, 0.1) is 34.0 Å². The molecule has 0 radical (unpaired) electrons. The second-order valence-corrected chi connectivity index (χ2v) is 8.84. The molecule has 7 nitrogen and oxygen atoms in total. The summed E-state index contributed by atoms with van der Waals surface area (Å²) in [5.74, 6) is 2.33. The van der Waals surface area contributed by atoms with Gasteiger partial charge in [-0.25, -0.2) is 0 Å². The fourth-order valence-electron chi connectivity index (χ4n) is 3.45. The van der Waals surface area contributed by atoms with E-state index >= 15 is 0 Å². The maximum absolute atomic E-state index is 10.8. The number of hydrogen-bond acceptors (Lipinski definition) is 8. The van der Waals surface area contributed by atoms with E-state index in [-0.39, 0.29) is 6.61 Å². The summed E-state index contributed by atoms with van der Waals surface area (Å²) in [5.41, 5.74) is 1.51. The van der Waals surface area contributed by atoms with Gasteiger partial charge >= 0.3 is 0 Å². The van der Waals surface area contributed by atoms with Gasteiger partial charge in [-0.05, 0) is 41.1 Å². The Balaban J connectivity index is 1.55. The summed E-state index contributed by atoms with van der Waals surface area (Å²) in [6, 6.07) is 15.1. The lowest BCUT2D eigenvalue weighted by Crippen LogP contribution is -2.58. The Morgan fingerprint density at radius 3 is 1.94 bits per heavy atom. The van der Waals surface area contributed by atoms with Crippen molar-refractivity contribution < 1.29 is 33.9 Å². The minimum atomic E-state index is -1.11. The highest BCUT2D eigenvalue weighted by Gasteiger charge is 2.45. The highest BCUT2D eigenvalue weighted by atomic mass is 32.2. The van der Waals surface area contributed by atoms with Gasteiger partial charge in [0.25, 0.3) is 0 Å². The van der Waals surface area contributed by atoms with Gasteiger partial charge in [-0.1, -0.05) is 31.2 Å². The number of aliphatic hydroxyl groups is 2. The van der Waals surface area contributed by atoms with E-state index in [2.05, 4.69) is 0 Å². The Labute approximate surface area is 193 Å². The van der Waals surface area contributed by atoms with Crippen molar-refractivity contribution in [2.24, 2.45) is 0 Å². The van der Waals surface area contributed by atoms with Crippen molar-refractivity contribution in [1.29, 1.82) is 0 Å². The van der Waals surface area contributed by atoms with Crippen molar-refractivity contribution >= 4 is 11.8 Å². The molecule has 0 bridgehead atoms. The van der Waals surface area contributed by atoms with Gasteiger partial charge in [0.2, 0.25) is 0 Å². The number of methoxy groups -OCH3 is 2. The van der Waals surface area contributed by atoms with E-state index in [9.17, 15) is 10.2 Å². The summed E-state index contributed by atoms with van der Waals surface area (Å²) in [4.78, 5) is 0. The fourth-order valence-corrected chi connectivity index (χ4v) is 4.43. The highest BCUT2D eigenvalue weighted by molar-refractivity contribution is 7.99. The molecule has 0 saturated carbocycles. The molecule has 2 aromatic rings. The molecule has 0 amide bonds. The van der Waals surface area contributed by atoms with Gasteiger partial charge < -0.3 is 33.9 Å². The minimum absolute atomic E-state index is 0.163. The van der Waals surface area contributed by atoms with Gasteiger partial charge in [0.15, 0.2) is 0 Å². The van der Waals surface area contributed by atoms with Crippen LogP contribution in [-0.2, 0) is 27.4 Å². The van der Waals surface area contributed by atoms with Crippen LogP contribution in [0.4, 0.5) is 0 Å². The number of hydrogen-bond donors (Lipinski definition) is 2. The molecule has 1 heterocycles. The molecule has 0 spiro atoms. The lowest BCUT2D eigenvalue weighted by molar-refractivity contribution is -0.225. The Hall–Kier alpha value is -1.81. The van der Waals surface area contributed by atoms with E-state index < -0.39 is 29.9 Å². The third-order valence-electron chi connectivity index (χ3n) is 5.29. The van der Waals surface area contributed by atoms with E-state index in [1.165, 1.54) is 11.8 Å². The van der Waals surface area contributed by atoms with Gasteiger partial charge in [-0.2, -0.15) is 0 Å². The molecule has 1 saturated heterocycles. The summed E-state index contributed by atoms with van der Waals surface area (Å²) >= 11 is 1.54. The molecule has 32 heavy (non-hydrogen) atoms. The fraction of sp³-hybridized carbons (Fsp3) is 0.500. The van der Waals surface area contributed by atoms with Crippen LogP contribution in [0, 0.1) is 0 Å². The monoisotopic (exact) mass is 464 g/mol. The molecular weight excluding hydrogens is 432 g/mol. The first-order chi connectivity index (χ1) is 15.5. The summed E-state index contributed by atoms with van der Waals surface area (Å²) in [6.45, 7) is 2.84. The normalized spacial score (nSPS) is 25.5. The van der Waals surface area contributed by atoms with Crippen LogP contribution < -0.4 is 9.47 Å². The van der Waals surface area contributed by atoms with Crippen LogP contribution in [0.15, 0.2) is 48.5 Å². The molecular formula is C24H32O7S. The van der Waals surface area contributed by atoms with Gasteiger partial charge in [-0.15, -0.1) is 11.8 Å². The highest BCUT2D eigenvalue weighted by Crippen LogP contribution is 2.31. The second-order valence-electron chi connectivity index (χ2n) is 7.47. The standard InChI is InChI=1S/C24H32O7S/c1-4-32-24-23(30-14-17-7-11-19(28-3)12-8-17)22(26)21(25)20(31-24)15-29-13-16-5-9-18(27-2)10-6-16/h5-12,20-26H,4,13-15H2,1-3H3/t20-,21+,22+,23-,24+/m1/s1. The predicted octanol–water partition coefficient (Wildman–Crippen LogP) is 3.01. The topological polar surface area (TPSA) is 86.6 Å². The molecule has 1 aliphatic rings. The average Bonchev–Trinajstić information content (AvgIpc) is 2.83. The predicted molar refractivity (Wildman–Crippen MR) is 123 cm³/mol. The summed E-state index contributed by atoms with van der Waals surface area (Å²) in [7, 11) is 3.24. The van der Waals surface area contributed by atoms with E-state index in [1.54, 1.807) is 14.2 Å². The molecule has 2 N–H and O–H groups in total. The lowest BCUT2D eigenvalue weighted by Gasteiger charge is -2.42. The average molecular weight is 465 g/mol. The minimum Gasteiger partial charge on any atom is -0.497 e. The van der Waals surface area contributed by atoms with Crippen molar-refractivity contribution in [3.05, 3.63) is 59.7 Å². The van der Waals surface area contributed by atoms with Gasteiger partial charge in [0, 0.05) is 0 Å². The lowest BCUT2D eigenvalue weighted by atomic mass is 10.00. The van der Waals surface area contributed by atoms with Crippen LogP contribution in [-0.4, -0.2) is 66.6 Å². The molecule has 2 aromatic carbocycles. The molecule has 0 aromatic heterocycles. The summed E-state index contributed by atoms with van der Waals surface area (Å²) in [5, 5.41) is 21.4. The molecule has 176 valence electrons. The van der Waals surface area contributed by atoms with Crippen LogP contribution in [0.3, 0.4) is 0 Å². The zero-order valence-corrected chi connectivity index (χ0v) is 19.5. The third kappa shape index (κ3) is 6.60. The SMILES string of the molecule is CCS[C@@H]1O[C@H](COCc2ccc(OC)cc2)[C@H](O)[C@H](O)[C@H]1OCc1ccc(OC)cc1. The molecule has 3 rings (SSSR count). The third-order valence-corrected chi connectivity index (χ3v) is 6.33. The van der Waals surface area contributed by atoms with Crippen molar-refractivity contribution in [2.45, 2.75) is 50.0 Å². The van der Waals surface area contributed by atoms with Crippen molar-refractivity contribution in [1.82, 2.24) is 0 Å². The largest absolute Gasteiger partial charge is 0.497 e. The number of aliphatic hydroxyl groups excluding tert-OH is 2. The molecule has 5 atom stereocenters. The smallest absolute Gasteiger partial charge is 0.132 e.